The summed E-state index contributed by atoms with van der Waals surface area (Å²) in [4.78, 5) is 2.56. The third kappa shape index (κ3) is 0.891. The zero-order valence-corrected chi connectivity index (χ0v) is 6.64. The fourth-order valence-corrected chi connectivity index (χ4v) is 2.18. The van der Waals surface area contributed by atoms with E-state index in [0.29, 0.717) is 0 Å². The fraction of sp³-hybridized carbons (Fsp3) is 0.778. The van der Waals surface area contributed by atoms with Crippen molar-refractivity contribution in [3.8, 4) is 0 Å². The molecular weight excluding hydrogens is 122 g/mol. The lowest BCUT2D eigenvalue weighted by atomic mass is 9.84. The van der Waals surface area contributed by atoms with Crippen LogP contribution in [0.1, 0.15) is 19.8 Å². The Morgan fingerprint density at radius 3 is 2.40 bits per heavy atom. The second-order valence-electron chi connectivity index (χ2n) is 3.41. The summed E-state index contributed by atoms with van der Waals surface area (Å²) < 4.78 is 0. The minimum atomic E-state index is 0.954. The van der Waals surface area contributed by atoms with E-state index in [1.807, 2.05) is 0 Å². The number of hydrogen-bond acceptors (Lipinski definition) is 1. The molecule has 0 saturated carbocycles. The lowest BCUT2D eigenvalue weighted by molar-refractivity contribution is 0.161. The van der Waals surface area contributed by atoms with Gasteiger partial charge in [-0.25, -0.2) is 0 Å². The predicted octanol–water partition coefficient (Wildman–Crippen LogP) is 1.66. The first-order chi connectivity index (χ1) is 4.90. The van der Waals surface area contributed by atoms with Gasteiger partial charge in [0, 0.05) is 6.54 Å². The molecule has 0 aromatic carbocycles. The molecule has 3 aliphatic heterocycles. The van der Waals surface area contributed by atoms with E-state index in [2.05, 4.69) is 17.9 Å². The molecule has 0 amide bonds. The van der Waals surface area contributed by atoms with Crippen molar-refractivity contribution in [2.45, 2.75) is 19.8 Å². The highest BCUT2D eigenvalue weighted by Gasteiger charge is 2.28. The van der Waals surface area contributed by atoms with Crippen LogP contribution in [0, 0.1) is 5.92 Å². The van der Waals surface area contributed by atoms with Gasteiger partial charge in [-0.15, -0.1) is 0 Å². The summed E-state index contributed by atoms with van der Waals surface area (Å²) in [6.07, 6.45) is 5.15. The normalized spacial score (nSPS) is 42.7. The number of rotatable bonds is 0. The molecule has 3 aliphatic rings. The molecule has 1 nitrogen and oxygen atoms in total. The van der Waals surface area contributed by atoms with Gasteiger partial charge >= 0.3 is 0 Å². The highest BCUT2D eigenvalue weighted by atomic mass is 15.1. The van der Waals surface area contributed by atoms with Gasteiger partial charge in [-0.2, -0.15) is 0 Å². The van der Waals surface area contributed by atoms with Gasteiger partial charge in [0.2, 0.25) is 0 Å². The maximum atomic E-state index is 2.56. The van der Waals surface area contributed by atoms with Crippen LogP contribution in [0.3, 0.4) is 0 Å². The molecule has 0 aliphatic carbocycles. The van der Waals surface area contributed by atoms with Crippen LogP contribution in [0.15, 0.2) is 11.6 Å². The van der Waals surface area contributed by atoms with Crippen LogP contribution in [-0.4, -0.2) is 24.5 Å². The lowest BCUT2D eigenvalue weighted by Crippen LogP contribution is -2.42. The van der Waals surface area contributed by atoms with Crippen molar-refractivity contribution in [2.24, 2.45) is 5.92 Å². The highest BCUT2D eigenvalue weighted by Crippen LogP contribution is 2.31. The fourth-order valence-electron chi connectivity index (χ4n) is 2.18. The van der Waals surface area contributed by atoms with Crippen molar-refractivity contribution in [3.63, 3.8) is 0 Å². The molecule has 0 aromatic rings. The predicted molar refractivity (Wildman–Crippen MR) is 42.9 cm³/mol. The molecule has 0 spiro atoms. The van der Waals surface area contributed by atoms with Gasteiger partial charge in [-0.3, -0.25) is 4.90 Å². The number of piperidine rings is 3. The molecule has 0 atom stereocenters. The quantitative estimate of drug-likeness (QED) is 0.459. The van der Waals surface area contributed by atoms with Gasteiger partial charge < -0.3 is 0 Å². The molecule has 3 fully saturated rings. The molecule has 0 radical (unpaired) electrons. The first-order valence-electron chi connectivity index (χ1n) is 4.27. The summed E-state index contributed by atoms with van der Waals surface area (Å²) >= 11 is 0. The summed E-state index contributed by atoms with van der Waals surface area (Å²) in [7, 11) is 0. The molecule has 56 valence electrons. The average Bonchev–Trinajstić information content (AvgIpc) is 2.06. The Morgan fingerprint density at radius 2 is 2.10 bits per heavy atom. The molecule has 3 rings (SSSR count). The van der Waals surface area contributed by atoms with Crippen molar-refractivity contribution in [1.82, 2.24) is 4.90 Å². The van der Waals surface area contributed by atoms with E-state index in [0.717, 1.165) is 5.92 Å². The molecule has 0 N–H and O–H groups in total. The van der Waals surface area contributed by atoms with Crippen LogP contribution in [0.25, 0.3) is 0 Å². The summed E-state index contributed by atoms with van der Waals surface area (Å²) in [5, 5.41) is 0. The maximum absolute atomic E-state index is 2.56. The van der Waals surface area contributed by atoms with Crippen LogP contribution in [0.2, 0.25) is 0 Å². The second kappa shape index (κ2) is 2.39. The third-order valence-corrected chi connectivity index (χ3v) is 2.89. The lowest BCUT2D eigenvalue weighted by Gasteiger charge is -2.41. The van der Waals surface area contributed by atoms with Gasteiger partial charge in [0.05, 0.1) is 0 Å². The molecule has 10 heavy (non-hydrogen) atoms. The summed E-state index contributed by atoms with van der Waals surface area (Å²) in [6.45, 7) is 6.14. The van der Waals surface area contributed by atoms with E-state index in [-0.39, 0.29) is 0 Å². The zero-order chi connectivity index (χ0) is 6.97. The summed E-state index contributed by atoms with van der Waals surface area (Å²) in [6, 6.07) is 0. The van der Waals surface area contributed by atoms with E-state index < -0.39 is 0 Å². The molecule has 0 aromatic heterocycles. The largest absolute Gasteiger partial charge is 0.299 e. The van der Waals surface area contributed by atoms with E-state index >= 15 is 0 Å². The Labute approximate surface area is 62.7 Å². The van der Waals surface area contributed by atoms with E-state index in [9.17, 15) is 0 Å². The van der Waals surface area contributed by atoms with Crippen molar-refractivity contribution in [1.29, 1.82) is 0 Å². The van der Waals surface area contributed by atoms with Gasteiger partial charge in [0.15, 0.2) is 0 Å². The van der Waals surface area contributed by atoms with Crippen molar-refractivity contribution < 1.29 is 0 Å². The Kier molecular flexibility index (Phi) is 1.53. The van der Waals surface area contributed by atoms with Crippen LogP contribution in [0.4, 0.5) is 0 Å². The minimum Gasteiger partial charge on any atom is -0.299 e. The Morgan fingerprint density at radius 1 is 1.40 bits per heavy atom. The summed E-state index contributed by atoms with van der Waals surface area (Å²) in [5.41, 5.74) is 1.69. The maximum Gasteiger partial charge on any atom is 0.0195 e. The van der Waals surface area contributed by atoms with Gasteiger partial charge in [0.1, 0.15) is 0 Å². The van der Waals surface area contributed by atoms with Crippen molar-refractivity contribution in [2.75, 3.05) is 19.6 Å². The monoisotopic (exact) mass is 137 g/mol. The molecule has 2 bridgehead atoms. The molecule has 3 saturated heterocycles. The smallest absolute Gasteiger partial charge is 0.0195 e. The minimum absolute atomic E-state index is 0.954. The standard InChI is InChI=1S/C9H15N/c1-2-8-7-10-5-3-9(8)4-6-10/h2,9H,3-7H2,1H3/b8-2-. The van der Waals surface area contributed by atoms with E-state index in [1.165, 1.54) is 32.5 Å². The Hall–Kier alpha value is -0.300. The van der Waals surface area contributed by atoms with Crippen LogP contribution >= 0.6 is 0 Å². The third-order valence-electron chi connectivity index (χ3n) is 2.89. The van der Waals surface area contributed by atoms with Crippen LogP contribution < -0.4 is 0 Å². The highest BCUT2D eigenvalue weighted by molar-refractivity contribution is 5.13. The molecule has 3 heterocycles. The van der Waals surface area contributed by atoms with Crippen molar-refractivity contribution >= 4 is 0 Å². The molecule has 0 unspecified atom stereocenters. The van der Waals surface area contributed by atoms with Gasteiger partial charge in [0.25, 0.3) is 0 Å². The first-order valence-corrected chi connectivity index (χ1v) is 4.27. The molecule has 1 heteroatoms. The second-order valence-corrected chi connectivity index (χ2v) is 3.41. The number of nitrogens with zero attached hydrogens (tertiary/aromatic N) is 1. The van der Waals surface area contributed by atoms with E-state index in [1.54, 1.807) is 5.57 Å². The van der Waals surface area contributed by atoms with Crippen LogP contribution in [-0.2, 0) is 0 Å². The Balaban J connectivity index is 2.15. The first kappa shape index (κ1) is 6.41. The molecular formula is C9H15N. The summed E-state index contributed by atoms with van der Waals surface area (Å²) in [5.74, 6) is 0.954. The topological polar surface area (TPSA) is 3.24 Å². The number of allylic oxidation sites excluding steroid dienone is 1. The average molecular weight is 137 g/mol. The number of fused-ring (bicyclic) bond motifs is 3. The zero-order valence-electron chi connectivity index (χ0n) is 6.64. The van der Waals surface area contributed by atoms with Gasteiger partial charge in [-0.05, 0) is 38.8 Å². The van der Waals surface area contributed by atoms with Gasteiger partial charge in [-0.1, -0.05) is 11.6 Å². The van der Waals surface area contributed by atoms with Crippen LogP contribution in [0.5, 0.6) is 0 Å². The number of hydrogen-bond donors (Lipinski definition) is 0. The van der Waals surface area contributed by atoms with E-state index in [4.69, 9.17) is 0 Å². The van der Waals surface area contributed by atoms with Crippen molar-refractivity contribution in [3.05, 3.63) is 11.6 Å². The Bertz CT molecular complexity index is 152. The SMILES string of the molecule is C/C=C1/CN2CCC1CC2.